The number of methoxy groups -OCH3 is 1. The Morgan fingerprint density at radius 2 is 2.33 bits per heavy atom. The van der Waals surface area contributed by atoms with Crippen LogP contribution in [0.4, 0.5) is 5.13 Å². The highest BCUT2D eigenvalue weighted by Crippen LogP contribution is 2.29. The Labute approximate surface area is 160 Å². The van der Waals surface area contributed by atoms with Crippen LogP contribution in [0.5, 0.6) is 0 Å². The first kappa shape index (κ1) is 18.1. The summed E-state index contributed by atoms with van der Waals surface area (Å²) < 4.78 is 15.6. The average molecular weight is 391 g/mol. The number of thiazole rings is 1. The molecule has 1 atom stereocenters. The highest BCUT2D eigenvalue weighted by Gasteiger charge is 2.26. The molecule has 1 amide bonds. The Morgan fingerprint density at radius 3 is 3.11 bits per heavy atom. The lowest BCUT2D eigenvalue weighted by Gasteiger charge is -2.24. The molecule has 2 aliphatic heterocycles. The number of hydrogen-bond acceptors (Lipinski definition) is 8. The Bertz CT molecular complexity index is 840. The summed E-state index contributed by atoms with van der Waals surface area (Å²) in [4.78, 5) is 31.6. The van der Waals surface area contributed by atoms with Crippen molar-refractivity contribution in [3.63, 3.8) is 0 Å². The molecule has 0 aromatic carbocycles. The van der Waals surface area contributed by atoms with E-state index in [-0.39, 0.29) is 17.8 Å². The third kappa shape index (κ3) is 4.05. The monoisotopic (exact) mass is 391 g/mol. The Kier molecular flexibility index (Phi) is 5.24. The number of aromatic nitrogens is 1. The maximum atomic E-state index is 12.2. The van der Waals surface area contributed by atoms with Crippen LogP contribution in [0.3, 0.4) is 0 Å². The number of amides is 1. The van der Waals surface area contributed by atoms with E-state index in [1.807, 2.05) is 0 Å². The lowest BCUT2D eigenvalue weighted by Crippen LogP contribution is -2.29. The number of rotatable bonds is 5. The number of furan rings is 1. The number of carbonyl (C=O) groups is 2. The van der Waals surface area contributed by atoms with Crippen LogP contribution < -0.4 is 5.32 Å². The largest absolute Gasteiger partial charge is 0.463 e. The van der Waals surface area contributed by atoms with Crippen LogP contribution >= 0.6 is 11.3 Å². The molecule has 1 saturated heterocycles. The lowest BCUT2D eigenvalue weighted by atomic mass is 10.2. The molecule has 144 valence electrons. The van der Waals surface area contributed by atoms with Gasteiger partial charge in [0.2, 0.25) is 5.76 Å². The van der Waals surface area contributed by atoms with Crippen LogP contribution in [0, 0.1) is 0 Å². The quantitative estimate of drug-likeness (QED) is 0.781. The molecule has 2 aromatic heterocycles. The molecule has 0 radical (unpaired) electrons. The maximum Gasteiger partial charge on any atom is 0.373 e. The van der Waals surface area contributed by atoms with Gasteiger partial charge in [-0.1, -0.05) is 0 Å². The first-order chi connectivity index (χ1) is 13.1. The zero-order valence-electron chi connectivity index (χ0n) is 15.0. The molecule has 27 heavy (non-hydrogen) atoms. The highest BCUT2D eigenvalue weighted by molar-refractivity contribution is 7.15. The highest BCUT2D eigenvalue weighted by atomic mass is 32.1. The van der Waals surface area contributed by atoms with Crippen LogP contribution in [-0.4, -0.2) is 48.1 Å². The fourth-order valence-corrected chi connectivity index (χ4v) is 4.35. The number of anilines is 1. The summed E-state index contributed by atoms with van der Waals surface area (Å²) in [6.07, 6.45) is 2.14. The van der Waals surface area contributed by atoms with Gasteiger partial charge in [0.15, 0.2) is 5.13 Å². The van der Waals surface area contributed by atoms with Gasteiger partial charge in [0.05, 0.1) is 19.3 Å². The van der Waals surface area contributed by atoms with E-state index in [0.29, 0.717) is 18.3 Å². The number of nitrogens with one attached hydrogen (secondary N) is 1. The third-order valence-corrected chi connectivity index (χ3v) is 5.69. The van der Waals surface area contributed by atoms with Crippen molar-refractivity contribution in [2.24, 2.45) is 0 Å². The van der Waals surface area contributed by atoms with Crippen molar-refractivity contribution >= 4 is 28.3 Å². The normalized spacial score (nSPS) is 19.7. The molecule has 2 aliphatic rings. The van der Waals surface area contributed by atoms with Crippen LogP contribution in [0.25, 0.3) is 0 Å². The van der Waals surface area contributed by atoms with E-state index in [4.69, 9.17) is 9.15 Å². The van der Waals surface area contributed by atoms with Gasteiger partial charge >= 0.3 is 5.97 Å². The molecular formula is C18H21N3O5S. The summed E-state index contributed by atoms with van der Waals surface area (Å²) in [5, 5.41) is 3.52. The number of nitrogens with zero attached hydrogens (tertiary/aromatic N) is 2. The van der Waals surface area contributed by atoms with Crippen LogP contribution in [-0.2, 0) is 33.8 Å². The number of fused-ring (bicyclic) bond motifs is 1. The van der Waals surface area contributed by atoms with Crippen molar-refractivity contribution in [2.75, 3.05) is 25.6 Å². The van der Waals surface area contributed by atoms with E-state index in [0.717, 1.165) is 48.7 Å². The Balaban J connectivity index is 1.37. The molecule has 0 saturated carbocycles. The van der Waals surface area contributed by atoms with Crippen molar-refractivity contribution in [3.8, 4) is 0 Å². The van der Waals surface area contributed by atoms with Crippen LogP contribution in [0.15, 0.2) is 16.5 Å². The fourth-order valence-electron chi connectivity index (χ4n) is 3.30. The number of ether oxygens (including phenoxy) is 2. The molecule has 8 nitrogen and oxygen atoms in total. The summed E-state index contributed by atoms with van der Waals surface area (Å²) >= 11 is 1.51. The van der Waals surface area contributed by atoms with E-state index < -0.39 is 5.97 Å². The van der Waals surface area contributed by atoms with Gasteiger partial charge in [-0.2, -0.15) is 0 Å². The van der Waals surface area contributed by atoms with E-state index in [2.05, 4.69) is 19.9 Å². The maximum absolute atomic E-state index is 12.2. The second kappa shape index (κ2) is 7.79. The van der Waals surface area contributed by atoms with Gasteiger partial charge in [0.1, 0.15) is 11.9 Å². The van der Waals surface area contributed by atoms with Gasteiger partial charge in [0, 0.05) is 31.0 Å². The summed E-state index contributed by atoms with van der Waals surface area (Å²) in [6.45, 7) is 2.82. The molecule has 9 heteroatoms. The second-order valence-electron chi connectivity index (χ2n) is 6.60. The van der Waals surface area contributed by atoms with E-state index >= 15 is 0 Å². The average Bonchev–Trinajstić information content (AvgIpc) is 3.41. The first-order valence-corrected chi connectivity index (χ1v) is 9.74. The zero-order valence-corrected chi connectivity index (χ0v) is 15.8. The van der Waals surface area contributed by atoms with Crippen molar-refractivity contribution in [1.29, 1.82) is 0 Å². The summed E-state index contributed by atoms with van der Waals surface area (Å²) in [6, 6.07) is 3.42. The molecule has 1 N–H and O–H groups in total. The molecular weight excluding hydrogens is 370 g/mol. The van der Waals surface area contributed by atoms with Crippen molar-refractivity contribution in [3.05, 3.63) is 34.2 Å². The first-order valence-electron chi connectivity index (χ1n) is 8.93. The van der Waals surface area contributed by atoms with Crippen molar-refractivity contribution in [1.82, 2.24) is 9.88 Å². The van der Waals surface area contributed by atoms with Gasteiger partial charge in [-0.15, -0.1) is 11.3 Å². The van der Waals surface area contributed by atoms with Crippen molar-refractivity contribution in [2.45, 2.75) is 38.5 Å². The smallest absolute Gasteiger partial charge is 0.373 e. The molecule has 0 aliphatic carbocycles. The summed E-state index contributed by atoms with van der Waals surface area (Å²) in [7, 11) is 1.33. The number of hydrogen-bond donors (Lipinski definition) is 1. The standard InChI is InChI=1S/C18H21N3O5S/c1-24-17(23)14-5-4-11(26-14)9-21-7-6-12-15(10-21)27-18(19-12)20-16(22)13-3-2-8-25-13/h4-5,13H,2-3,6-10H2,1H3,(H,19,20,22). The minimum Gasteiger partial charge on any atom is -0.463 e. The molecule has 4 rings (SSSR count). The number of carbonyl (C=O) groups excluding carboxylic acids is 2. The van der Waals surface area contributed by atoms with Gasteiger partial charge in [0.25, 0.3) is 5.91 Å². The fraction of sp³-hybridized carbons (Fsp3) is 0.500. The Morgan fingerprint density at radius 1 is 1.44 bits per heavy atom. The minimum absolute atomic E-state index is 0.110. The molecule has 0 bridgehead atoms. The third-order valence-electron chi connectivity index (χ3n) is 4.69. The van der Waals surface area contributed by atoms with Crippen molar-refractivity contribution < 1.29 is 23.5 Å². The predicted molar refractivity (Wildman–Crippen MR) is 97.6 cm³/mol. The van der Waals surface area contributed by atoms with Gasteiger partial charge in [-0.3, -0.25) is 15.0 Å². The van der Waals surface area contributed by atoms with Gasteiger partial charge in [-0.25, -0.2) is 9.78 Å². The van der Waals surface area contributed by atoms with E-state index in [9.17, 15) is 9.59 Å². The lowest BCUT2D eigenvalue weighted by molar-refractivity contribution is -0.124. The predicted octanol–water partition coefficient (Wildman–Crippen LogP) is 2.20. The molecule has 4 heterocycles. The summed E-state index contributed by atoms with van der Waals surface area (Å²) in [5.41, 5.74) is 1.04. The zero-order chi connectivity index (χ0) is 18.8. The van der Waals surface area contributed by atoms with Crippen LogP contribution in [0.2, 0.25) is 0 Å². The second-order valence-corrected chi connectivity index (χ2v) is 7.68. The SMILES string of the molecule is COC(=O)c1ccc(CN2CCc3nc(NC(=O)C4CCCO4)sc3C2)o1. The molecule has 2 aromatic rings. The summed E-state index contributed by atoms with van der Waals surface area (Å²) in [5.74, 6) is 0.343. The number of esters is 1. The molecule has 0 spiro atoms. The van der Waals surface area contributed by atoms with Gasteiger partial charge < -0.3 is 13.9 Å². The van der Waals surface area contributed by atoms with E-state index in [1.165, 1.54) is 18.4 Å². The topological polar surface area (TPSA) is 93.9 Å². The minimum atomic E-state index is -0.476. The molecule has 1 unspecified atom stereocenters. The Hall–Kier alpha value is -2.23. The molecule has 1 fully saturated rings. The van der Waals surface area contributed by atoms with Gasteiger partial charge in [-0.05, 0) is 25.0 Å². The van der Waals surface area contributed by atoms with E-state index in [1.54, 1.807) is 12.1 Å². The van der Waals surface area contributed by atoms with Crippen LogP contribution in [0.1, 0.15) is 39.7 Å².